The van der Waals surface area contributed by atoms with Gasteiger partial charge in [-0.15, -0.1) is 10.2 Å². The largest absolute Gasteiger partial charge is 0.339 e. The van der Waals surface area contributed by atoms with Crippen LogP contribution < -0.4 is 5.32 Å². The summed E-state index contributed by atoms with van der Waals surface area (Å²) in [5.41, 5.74) is 0.834. The molecule has 8 heteroatoms. The average Bonchev–Trinajstić information content (AvgIpc) is 3.15. The average molecular weight is 311 g/mol. The molecule has 3 heterocycles. The third-order valence-electron chi connectivity index (χ3n) is 4.14. The maximum Gasteiger partial charge on any atom is 0.290 e. The second-order valence-corrected chi connectivity index (χ2v) is 5.95. The molecule has 1 aliphatic rings. The van der Waals surface area contributed by atoms with E-state index in [1.54, 1.807) is 16.8 Å². The summed E-state index contributed by atoms with van der Waals surface area (Å²) >= 11 is 0. The van der Waals surface area contributed by atoms with Gasteiger partial charge in [0.15, 0.2) is 0 Å². The summed E-state index contributed by atoms with van der Waals surface area (Å²) in [7, 11) is 1.93. The van der Waals surface area contributed by atoms with E-state index in [1.165, 1.54) is 0 Å². The SMILES string of the molecule is Cc1ccn2c(C(=O)N[C@H](c3nccn3C)C3CC3)nnc2n1. The van der Waals surface area contributed by atoms with Crippen molar-refractivity contribution in [1.82, 2.24) is 34.4 Å². The fourth-order valence-corrected chi connectivity index (χ4v) is 2.73. The van der Waals surface area contributed by atoms with Gasteiger partial charge in [-0.3, -0.25) is 9.20 Å². The minimum Gasteiger partial charge on any atom is -0.339 e. The van der Waals surface area contributed by atoms with Gasteiger partial charge in [0.05, 0.1) is 6.04 Å². The number of hydrogen-bond donors (Lipinski definition) is 1. The number of imidazole rings is 1. The number of nitrogens with zero attached hydrogens (tertiary/aromatic N) is 6. The lowest BCUT2D eigenvalue weighted by Crippen LogP contribution is -2.32. The van der Waals surface area contributed by atoms with Gasteiger partial charge in [-0.25, -0.2) is 9.97 Å². The molecule has 4 rings (SSSR count). The van der Waals surface area contributed by atoms with Gasteiger partial charge in [-0.2, -0.15) is 0 Å². The van der Waals surface area contributed by atoms with E-state index in [4.69, 9.17) is 0 Å². The van der Waals surface area contributed by atoms with Crippen molar-refractivity contribution < 1.29 is 4.79 Å². The first-order chi connectivity index (χ1) is 11.1. The molecule has 0 saturated heterocycles. The van der Waals surface area contributed by atoms with Crippen LogP contribution in [-0.4, -0.2) is 35.0 Å². The maximum absolute atomic E-state index is 12.7. The van der Waals surface area contributed by atoms with E-state index >= 15 is 0 Å². The quantitative estimate of drug-likeness (QED) is 0.777. The predicted molar refractivity (Wildman–Crippen MR) is 81.7 cm³/mol. The lowest BCUT2D eigenvalue weighted by atomic mass is 10.1. The number of aromatic nitrogens is 6. The van der Waals surface area contributed by atoms with Crippen LogP contribution in [0.15, 0.2) is 24.7 Å². The lowest BCUT2D eigenvalue weighted by molar-refractivity contribution is 0.0917. The van der Waals surface area contributed by atoms with E-state index in [-0.39, 0.29) is 17.8 Å². The Labute approximate surface area is 132 Å². The van der Waals surface area contributed by atoms with Crippen LogP contribution in [0, 0.1) is 12.8 Å². The standard InChI is InChI=1S/C15H17N7O/c1-9-5-7-22-13(19-20-15(22)17-9)14(23)18-11(10-3-4-10)12-16-6-8-21(12)2/h5-8,10-11H,3-4H2,1-2H3,(H,18,23)/t11-/m0/s1. The van der Waals surface area contributed by atoms with Crippen molar-refractivity contribution in [3.63, 3.8) is 0 Å². The van der Waals surface area contributed by atoms with Crippen LogP contribution in [0.3, 0.4) is 0 Å². The Morgan fingerprint density at radius 1 is 1.35 bits per heavy atom. The summed E-state index contributed by atoms with van der Waals surface area (Å²) in [5.74, 6) is 1.70. The van der Waals surface area contributed by atoms with E-state index in [2.05, 4.69) is 25.5 Å². The first-order valence-electron chi connectivity index (χ1n) is 7.60. The van der Waals surface area contributed by atoms with Gasteiger partial charge in [0.25, 0.3) is 11.7 Å². The van der Waals surface area contributed by atoms with Crippen molar-refractivity contribution in [3.8, 4) is 0 Å². The van der Waals surface area contributed by atoms with Crippen molar-refractivity contribution >= 4 is 11.7 Å². The van der Waals surface area contributed by atoms with Gasteiger partial charge in [0.2, 0.25) is 5.82 Å². The zero-order chi connectivity index (χ0) is 16.0. The number of amides is 1. The summed E-state index contributed by atoms with van der Waals surface area (Å²) in [6.07, 6.45) is 7.59. The minimum atomic E-state index is -0.261. The molecule has 3 aromatic heterocycles. The summed E-state index contributed by atoms with van der Waals surface area (Å²) in [6.45, 7) is 1.87. The summed E-state index contributed by atoms with van der Waals surface area (Å²) < 4.78 is 3.54. The van der Waals surface area contributed by atoms with E-state index in [0.717, 1.165) is 24.4 Å². The molecular formula is C15H17N7O. The monoisotopic (exact) mass is 311 g/mol. The molecule has 0 aliphatic heterocycles. The Morgan fingerprint density at radius 2 is 2.17 bits per heavy atom. The fraction of sp³-hybridized carbons (Fsp3) is 0.400. The van der Waals surface area contributed by atoms with Gasteiger partial charge in [0.1, 0.15) is 5.82 Å². The number of carbonyl (C=O) groups excluding carboxylic acids is 1. The smallest absolute Gasteiger partial charge is 0.290 e. The molecule has 3 aromatic rings. The van der Waals surface area contributed by atoms with E-state index in [1.807, 2.05) is 30.8 Å². The highest BCUT2D eigenvalue weighted by atomic mass is 16.2. The van der Waals surface area contributed by atoms with Crippen LogP contribution in [0.1, 0.15) is 41.0 Å². The number of carbonyl (C=O) groups is 1. The first-order valence-corrected chi connectivity index (χ1v) is 7.60. The molecule has 1 fully saturated rings. The highest BCUT2D eigenvalue weighted by Crippen LogP contribution is 2.40. The number of rotatable bonds is 4. The maximum atomic E-state index is 12.7. The Hall–Kier alpha value is -2.77. The van der Waals surface area contributed by atoms with E-state index in [0.29, 0.717) is 11.7 Å². The van der Waals surface area contributed by atoms with Crippen molar-refractivity contribution in [1.29, 1.82) is 0 Å². The number of hydrogen-bond acceptors (Lipinski definition) is 5. The van der Waals surface area contributed by atoms with Gasteiger partial charge < -0.3 is 9.88 Å². The van der Waals surface area contributed by atoms with Crippen LogP contribution in [0.25, 0.3) is 5.78 Å². The van der Waals surface area contributed by atoms with Crippen LogP contribution in [0.4, 0.5) is 0 Å². The molecule has 118 valence electrons. The Bertz CT molecular complexity index is 877. The molecule has 1 N–H and O–H groups in total. The second kappa shape index (κ2) is 5.15. The Morgan fingerprint density at radius 3 is 2.87 bits per heavy atom. The molecule has 0 unspecified atom stereocenters. The molecule has 1 aliphatic carbocycles. The van der Waals surface area contributed by atoms with Crippen molar-refractivity contribution in [2.75, 3.05) is 0 Å². The Kier molecular flexibility index (Phi) is 3.10. The zero-order valence-corrected chi connectivity index (χ0v) is 13.0. The summed E-state index contributed by atoms with van der Waals surface area (Å²) in [5, 5.41) is 11.0. The van der Waals surface area contributed by atoms with Crippen molar-refractivity contribution in [2.24, 2.45) is 13.0 Å². The predicted octanol–water partition coefficient (Wildman–Crippen LogP) is 1.05. The van der Waals surface area contributed by atoms with Crippen LogP contribution >= 0.6 is 0 Å². The third-order valence-corrected chi connectivity index (χ3v) is 4.14. The normalized spacial score (nSPS) is 15.7. The highest BCUT2D eigenvalue weighted by Gasteiger charge is 2.36. The van der Waals surface area contributed by atoms with E-state index < -0.39 is 0 Å². The van der Waals surface area contributed by atoms with Gasteiger partial charge in [0, 0.05) is 31.3 Å². The van der Waals surface area contributed by atoms with Crippen LogP contribution in [0.2, 0.25) is 0 Å². The molecule has 0 radical (unpaired) electrons. The minimum absolute atomic E-state index is 0.103. The molecule has 1 atom stereocenters. The van der Waals surface area contributed by atoms with Crippen molar-refractivity contribution in [2.45, 2.75) is 25.8 Å². The number of nitrogens with one attached hydrogen (secondary N) is 1. The van der Waals surface area contributed by atoms with Gasteiger partial charge >= 0.3 is 0 Å². The molecule has 0 bridgehead atoms. The van der Waals surface area contributed by atoms with Gasteiger partial charge in [-0.05, 0) is 31.7 Å². The fourth-order valence-electron chi connectivity index (χ4n) is 2.73. The molecule has 23 heavy (non-hydrogen) atoms. The van der Waals surface area contributed by atoms with Crippen LogP contribution in [-0.2, 0) is 7.05 Å². The lowest BCUT2D eigenvalue weighted by Gasteiger charge is -2.17. The third kappa shape index (κ3) is 2.45. The number of aryl methyl sites for hydroxylation is 2. The second-order valence-electron chi connectivity index (χ2n) is 5.95. The topological polar surface area (TPSA) is 90.0 Å². The zero-order valence-electron chi connectivity index (χ0n) is 13.0. The molecular weight excluding hydrogens is 294 g/mol. The molecule has 0 aromatic carbocycles. The molecule has 1 saturated carbocycles. The van der Waals surface area contributed by atoms with E-state index in [9.17, 15) is 4.79 Å². The Balaban J connectivity index is 1.64. The number of fused-ring (bicyclic) bond motifs is 1. The van der Waals surface area contributed by atoms with Gasteiger partial charge in [-0.1, -0.05) is 0 Å². The molecule has 1 amide bonds. The highest BCUT2D eigenvalue weighted by molar-refractivity contribution is 5.91. The summed E-state index contributed by atoms with van der Waals surface area (Å²) in [6, 6.07) is 1.72. The summed E-state index contributed by atoms with van der Waals surface area (Å²) in [4.78, 5) is 21.3. The first kappa shape index (κ1) is 13.9. The molecule has 8 nitrogen and oxygen atoms in total. The molecule has 0 spiro atoms. The van der Waals surface area contributed by atoms with Crippen LogP contribution in [0.5, 0.6) is 0 Å². The van der Waals surface area contributed by atoms with Crippen molar-refractivity contribution in [3.05, 3.63) is 42.0 Å².